The van der Waals surface area contributed by atoms with Crippen molar-refractivity contribution in [2.75, 3.05) is 0 Å². The van der Waals surface area contributed by atoms with Crippen molar-refractivity contribution in [3.8, 4) is 12.1 Å². The molecule has 0 fully saturated rings. The number of unbranched alkanes of at least 4 members (excludes halogenated alkanes) is 4. The summed E-state index contributed by atoms with van der Waals surface area (Å²) in [6, 6.07) is 4.38. The quantitative estimate of drug-likeness (QED) is 0.576. The Labute approximate surface area is 87.5 Å². The molecule has 0 rings (SSSR count). The zero-order valence-electron chi connectivity index (χ0n) is 9.34. The fourth-order valence-corrected chi connectivity index (χ4v) is 1.46. The molecule has 0 N–H and O–H groups in total. The molecule has 0 saturated heterocycles. The summed E-state index contributed by atoms with van der Waals surface area (Å²) in [6.07, 6.45) is 6.99. The molecule has 0 atom stereocenters. The minimum absolute atomic E-state index is 0.171. The minimum atomic E-state index is 0.171. The van der Waals surface area contributed by atoms with Crippen molar-refractivity contribution in [2.45, 2.75) is 58.8 Å². The molecule has 0 amide bonds. The average molecular weight is 192 g/mol. The highest BCUT2D eigenvalue weighted by Crippen LogP contribution is 2.27. The normalized spacial score (nSPS) is 10.6. The predicted octanol–water partition coefficient (Wildman–Crippen LogP) is 3.79. The third kappa shape index (κ3) is 7.62. The lowest BCUT2D eigenvalue weighted by Gasteiger charge is -2.20. The highest BCUT2D eigenvalue weighted by Gasteiger charge is 2.16. The molecule has 0 bridgehead atoms. The number of rotatable bonds is 7. The first-order valence-electron chi connectivity index (χ1n) is 5.36. The SMILES string of the molecule is CC(C)(CC#N)CCCCCCC#N. The van der Waals surface area contributed by atoms with Crippen LogP contribution in [0.25, 0.3) is 0 Å². The van der Waals surface area contributed by atoms with Gasteiger partial charge in [0.05, 0.1) is 12.1 Å². The van der Waals surface area contributed by atoms with Crippen LogP contribution >= 0.6 is 0 Å². The van der Waals surface area contributed by atoms with E-state index in [1.807, 2.05) is 0 Å². The fraction of sp³-hybridized carbons (Fsp3) is 0.833. The standard InChI is InChI=1S/C12H20N2/c1-12(2,9-11-14)8-6-4-3-5-7-10-13/h3-9H2,1-2H3. The number of hydrogen-bond donors (Lipinski definition) is 0. The Morgan fingerprint density at radius 1 is 0.929 bits per heavy atom. The van der Waals surface area contributed by atoms with E-state index in [0.717, 1.165) is 19.3 Å². The second kappa shape index (κ2) is 7.39. The lowest BCUT2D eigenvalue weighted by Crippen LogP contribution is -2.09. The molecule has 0 aromatic heterocycles. The monoisotopic (exact) mass is 192 g/mol. The molecule has 0 aromatic rings. The van der Waals surface area contributed by atoms with Gasteiger partial charge in [-0.3, -0.25) is 0 Å². The zero-order valence-corrected chi connectivity index (χ0v) is 9.34. The van der Waals surface area contributed by atoms with Crippen LogP contribution in [0.2, 0.25) is 0 Å². The van der Waals surface area contributed by atoms with Crippen LogP contribution in [0.1, 0.15) is 58.8 Å². The fourth-order valence-electron chi connectivity index (χ4n) is 1.46. The minimum Gasteiger partial charge on any atom is -0.198 e. The van der Waals surface area contributed by atoms with E-state index < -0.39 is 0 Å². The summed E-state index contributed by atoms with van der Waals surface area (Å²) < 4.78 is 0. The summed E-state index contributed by atoms with van der Waals surface area (Å²) in [7, 11) is 0. The third-order valence-corrected chi connectivity index (χ3v) is 2.45. The van der Waals surface area contributed by atoms with Crippen molar-refractivity contribution in [1.29, 1.82) is 10.5 Å². The molecule has 14 heavy (non-hydrogen) atoms. The van der Waals surface area contributed by atoms with E-state index in [0.29, 0.717) is 12.8 Å². The first kappa shape index (κ1) is 13.0. The average Bonchev–Trinajstić information content (AvgIpc) is 2.11. The highest BCUT2D eigenvalue weighted by molar-refractivity contribution is 4.81. The van der Waals surface area contributed by atoms with Crippen LogP contribution in [-0.4, -0.2) is 0 Å². The molecule has 0 heterocycles. The first-order chi connectivity index (χ1) is 6.62. The Balaban J connectivity index is 3.36. The molecule has 0 aliphatic rings. The Bertz CT molecular complexity index is 217. The van der Waals surface area contributed by atoms with Crippen LogP contribution in [-0.2, 0) is 0 Å². The lowest BCUT2D eigenvalue weighted by molar-refractivity contribution is 0.327. The van der Waals surface area contributed by atoms with E-state index in [1.54, 1.807) is 0 Å². The lowest BCUT2D eigenvalue weighted by atomic mass is 9.84. The number of hydrogen-bond acceptors (Lipinski definition) is 2. The molecular weight excluding hydrogens is 172 g/mol. The zero-order chi connectivity index (χ0) is 10.9. The van der Waals surface area contributed by atoms with Gasteiger partial charge in [-0.05, 0) is 18.3 Å². The van der Waals surface area contributed by atoms with Crippen LogP contribution < -0.4 is 0 Å². The van der Waals surface area contributed by atoms with Crippen molar-refractivity contribution in [2.24, 2.45) is 5.41 Å². The van der Waals surface area contributed by atoms with Crippen LogP contribution in [0.15, 0.2) is 0 Å². The molecule has 2 heteroatoms. The molecule has 0 aliphatic heterocycles. The van der Waals surface area contributed by atoms with E-state index in [-0.39, 0.29) is 5.41 Å². The van der Waals surface area contributed by atoms with Crippen LogP contribution in [0, 0.1) is 28.1 Å². The maximum atomic E-state index is 8.59. The van der Waals surface area contributed by atoms with E-state index in [2.05, 4.69) is 26.0 Å². The Morgan fingerprint density at radius 2 is 1.57 bits per heavy atom. The summed E-state index contributed by atoms with van der Waals surface area (Å²) in [4.78, 5) is 0. The van der Waals surface area contributed by atoms with Gasteiger partial charge in [-0.2, -0.15) is 10.5 Å². The summed E-state index contributed by atoms with van der Waals surface area (Å²) in [5.74, 6) is 0. The van der Waals surface area contributed by atoms with Crippen LogP contribution in [0.3, 0.4) is 0 Å². The van der Waals surface area contributed by atoms with E-state index in [1.165, 1.54) is 12.8 Å². The van der Waals surface area contributed by atoms with Crippen molar-refractivity contribution in [3.63, 3.8) is 0 Å². The predicted molar refractivity (Wildman–Crippen MR) is 57.3 cm³/mol. The van der Waals surface area contributed by atoms with Crippen molar-refractivity contribution in [1.82, 2.24) is 0 Å². The van der Waals surface area contributed by atoms with Gasteiger partial charge in [0, 0.05) is 12.8 Å². The topological polar surface area (TPSA) is 47.6 Å². The van der Waals surface area contributed by atoms with Gasteiger partial charge in [0.25, 0.3) is 0 Å². The second-order valence-electron chi connectivity index (χ2n) is 4.57. The molecule has 0 aromatic carbocycles. The van der Waals surface area contributed by atoms with E-state index >= 15 is 0 Å². The summed E-state index contributed by atoms with van der Waals surface area (Å²) in [5.41, 5.74) is 0.171. The van der Waals surface area contributed by atoms with Gasteiger partial charge in [-0.1, -0.05) is 33.1 Å². The third-order valence-electron chi connectivity index (χ3n) is 2.45. The van der Waals surface area contributed by atoms with Crippen molar-refractivity contribution in [3.05, 3.63) is 0 Å². The van der Waals surface area contributed by atoms with Gasteiger partial charge in [-0.15, -0.1) is 0 Å². The number of nitriles is 2. The first-order valence-corrected chi connectivity index (χ1v) is 5.36. The van der Waals surface area contributed by atoms with Crippen LogP contribution in [0.4, 0.5) is 0 Å². The summed E-state index contributed by atoms with van der Waals surface area (Å²) in [6.45, 7) is 4.29. The maximum Gasteiger partial charge on any atom is 0.0627 e. The number of nitrogens with zero attached hydrogens (tertiary/aromatic N) is 2. The molecule has 0 unspecified atom stereocenters. The maximum absolute atomic E-state index is 8.59. The molecule has 0 aliphatic carbocycles. The Morgan fingerprint density at radius 3 is 2.14 bits per heavy atom. The largest absolute Gasteiger partial charge is 0.198 e. The smallest absolute Gasteiger partial charge is 0.0627 e. The Hall–Kier alpha value is -1.02. The molecule has 78 valence electrons. The highest BCUT2D eigenvalue weighted by atomic mass is 14.3. The molecule has 0 saturated carbocycles. The van der Waals surface area contributed by atoms with Crippen LogP contribution in [0.5, 0.6) is 0 Å². The summed E-state index contributed by atoms with van der Waals surface area (Å²) >= 11 is 0. The van der Waals surface area contributed by atoms with Gasteiger partial charge in [-0.25, -0.2) is 0 Å². The van der Waals surface area contributed by atoms with E-state index in [9.17, 15) is 0 Å². The molecule has 2 nitrogen and oxygen atoms in total. The molecule has 0 spiro atoms. The van der Waals surface area contributed by atoms with Crippen molar-refractivity contribution >= 4 is 0 Å². The molecular formula is C12H20N2. The van der Waals surface area contributed by atoms with Gasteiger partial charge < -0.3 is 0 Å². The van der Waals surface area contributed by atoms with Crippen molar-refractivity contribution < 1.29 is 0 Å². The van der Waals surface area contributed by atoms with Gasteiger partial charge >= 0.3 is 0 Å². The second-order valence-corrected chi connectivity index (χ2v) is 4.57. The Kier molecular flexibility index (Phi) is 6.85. The van der Waals surface area contributed by atoms with E-state index in [4.69, 9.17) is 10.5 Å². The van der Waals surface area contributed by atoms with Gasteiger partial charge in [0.15, 0.2) is 0 Å². The summed E-state index contributed by atoms with van der Waals surface area (Å²) in [5, 5.41) is 16.9. The molecule has 0 radical (unpaired) electrons. The van der Waals surface area contributed by atoms with Gasteiger partial charge in [0.2, 0.25) is 0 Å². The van der Waals surface area contributed by atoms with Gasteiger partial charge in [0.1, 0.15) is 0 Å².